The predicted octanol–water partition coefficient (Wildman–Crippen LogP) is 3.24. The fourth-order valence-corrected chi connectivity index (χ4v) is 4.37. The third-order valence-electron chi connectivity index (χ3n) is 5.97. The summed E-state index contributed by atoms with van der Waals surface area (Å²) in [6, 6.07) is 14.6. The lowest BCUT2D eigenvalue weighted by Gasteiger charge is -2.22. The summed E-state index contributed by atoms with van der Waals surface area (Å²) in [5, 5.41) is 6.84. The molecule has 2 aromatic carbocycles. The number of hydrogen-bond donors (Lipinski definition) is 2. The van der Waals surface area contributed by atoms with Crippen LogP contribution in [0.4, 0.5) is 20.2 Å². The Morgan fingerprint density at radius 3 is 2.43 bits per heavy atom. The highest BCUT2D eigenvalue weighted by atomic mass is 19.1. The van der Waals surface area contributed by atoms with Crippen molar-refractivity contribution in [3.63, 3.8) is 0 Å². The minimum absolute atomic E-state index is 0.0664. The van der Waals surface area contributed by atoms with Crippen molar-refractivity contribution in [2.24, 2.45) is 10.9 Å². The number of nitrogens with one attached hydrogen (secondary N) is 2. The molecule has 0 bridgehead atoms. The zero-order valence-corrected chi connectivity index (χ0v) is 17.3. The maximum absolute atomic E-state index is 14.1. The van der Waals surface area contributed by atoms with Crippen LogP contribution >= 0.6 is 0 Å². The van der Waals surface area contributed by atoms with Gasteiger partial charge in [0.2, 0.25) is 0 Å². The van der Waals surface area contributed by atoms with Crippen molar-refractivity contribution < 1.29 is 8.78 Å². The van der Waals surface area contributed by atoms with Crippen LogP contribution in [0.15, 0.2) is 53.5 Å². The van der Waals surface area contributed by atoms with Crippen LogP contribution in [-0.4, -0.2) is 51.8 Å². The van der Waals surface area contributed by atoms with Gasteiger partial charge in [0.15, 0.2) is 5.96 Å². The highest BCUT2D eigenvalue weighted by molar-refractivity contribution is 5.80. The van der Waals surface area contributed by atoms with Crippen LogP contribution in [0.5, 0.6) is 0 Å². The van der Waals surface area contributed by atoms with Gasteiger partial charge in [-0.25, -0.2) is 8.78 Å². The Hall–Kier alpha value is -2.83. The monoisotopic (exact) mass is 413 g/mol. The lowest BCUT2D eigenvalue weighted by molar-refractivity contribution is 0.556. The molecular formula is C23H29F2N5. The van der Waals surface area contributed by atoms with Crippen LogP contribution in [0.2, 0.25) is 0 Å². The molecule has 0 aromatic heterocycles. The van der Waals surface area contributed by atoms with Gasteiger partial charge in [-0.15, -0.1) is 0 Å². The van der Waals surface area contributed by atoms with Crippen LogP contribution < -0.4 is 20.4 Å². The van der Waals surface area contributed by atoms with Crippen LogP contribution in [0.1, 0.15) is 12.8 Å². The summed E-state index contributed by atoms with van der Waals surface area (Å²) in [5.74, 6) is 0.273. The third-order valence-corrected chi connectivity index (χ3v) is 5.97. The van der Waals surface area contributed by atoms with Gasteiger partial charge in [0.05, 0.1) is 0 Å². The molecule has 2 unspecified atom stereocenters. The fourth-order valence-electron chi connectivity index (χ4n) is 4.37. The quantitative estimate of drug-likeness (QED) is 0.584. The molecule has 2 heterocycles. The highest BCUT2D eigenvalue weighted by Gasteiger charge is 2.28. The number of benzene rings is 2. The zero-order chi connectivity index (χ0) is 20.9. The van der Waals surface area contributed by atoms with Gasteiger partial charge in [-0.1, -0.05) is 24.3 Å². The Labute approximate surface area is 176 Å². The summed E-state index contributed by atoms with van der Waals surface area (Å²) in [5.41, 5.74) is 1.34. The topological polar surface area (TPSA) is 42.9 Å². The number of hydrogen-bond acceptors (Lipinski definition) is 3. The summed E-state index contributed by atoms with van der Waals surface area (Å²) < 4.78 is 28.1. The molecule has 160 valence electrons. The van der Waals surface area contributed by atoms with Gasteiger partial charge >= 0.3 is 0 Å². The second kappa shape index (κ2) is 9.32. The van der Waals surface area contributed by atoms with Crippen molar-refractivity contribution >= 4 is 17.3 Å². The number of aliphatic imine (C=N–C) groups is 1. The molecule has 4 rings (SSSR count). The molecule has 2 saturated heterocycles. The normalized spacial score (nSPS) is 21.9. The summed E-state index contributed by atoms with van der Waals surface area (Å²) >= 11 is 0. The van der Waals surface area contributed by atoms with Crippen molar-refractivity contribution in [3.05, 3.63) is 60.2 Å². The van der Waals surface area contributed by atoms with E-state index in [1.54, 1.807) is 11.9 Å². The minimum atomic E-state index is -0.512. The number of nitrogens with zero attached hydrogens (tertiary/aromatic N) is 3. The Morgan fingerprint density at radius 1 is 0.967 bits per heavy atom. The summed E-state index contributed by atoms with van der Waals surface area (Å²) in [6.45, 7) is 4.10. The van der Waals surface area contributed by atoms with Crippen molar-refractivity contribution in [3.8, 4) is 0 Å². The molecular weight excluding hydrogens is 384 g/mol. The number of halogens is 2. The predicted molar refractivity (Wildman–Crippen MR) is 118 cm³/mol. The lowest BCUT2D eigenvalue weighted by atomic mass is 10.1. The molecule has 0 amide bonds. The first-order valence-corrected chi connectivity index (χ1v) is 10.6. The smallest absolute Gasteiger partial charge is 0.191 e. The minimum Gasteiger partial charge on any atom is -0.371 e. The number of anilines is 2. The molecule has 0 spiro atoms. The SMILES string of the molecule is CN=C(NCC1CCN(c2ccccc2)C1)NC1CCN(c2c(F)cccc2F)C1. The van der Waals surface area contributed by atoms with Crippen LogP contribution in [0, 0.1) is 17.6 Å². The van der Waals surface area contributed by atoms with Crippen molar-refractivity contribution in [1.82, 2.24) is 10.6 Å². The number of para-hydroxylation sites is 2. The van der Waals surface area contributed by atoms with Crippen molar-refractivity contribution in [2.45, 2.75) is 18.9 Å². The average molecular weight is 414 g/mol. The molecule has 2 aromatic rings. The number of guanidine groups is 1. The van der Waals surface area contributed by atoms with E-state index in [1.165, 1.54) is 23.9 Å². The van der Waals surface area contributed by atoms with E-state index < -0.39 is 11.6 Å². The maximum Gasteiger partial charge on any atom is 0.191 e. The van der Waals surface area contributed by atoms with Gasteiger partial charge < -0.3 is 20.4 Å². The molecule has 7 heteroatoms. The van der Waals surface area contributed by atoms with E-state index in [2.05, 4.69) is 44.8 Å². The second-order valence-electron chi connectivity index (χ2n) is 8.04. The first-order valence-electron chi connectivity index (χ1n) is 10.6. The Balaban J connectivity index is 1.26. The Kier molecular flexibility index (Phi) is 6.35. The van der Waals surface area contributed by atoms with E-state index in [0.29, 0.717) is 19.0 Å². The van der Waals surface area contributed by atoms with E-state index in [-0.39, 0.29) is 11.7 Å². The van der Waals surface area contributed by atoms with Gasteiger partial charge in [0.25, 0.3) is 0 Å². The first kappa shape index (κ1) is 20.4. The van der Waals surface area contributed by atoms with Gasteiger partial charge in [-0.05, 0) is 43.0 Å². The molecule has 2 aliphatic rings. The Bertz CT molecular complexity index is 853. The molecule has 2 aliphatic heterocycles. The molecule has 2 N–H and O–H groups in total. The molecule has 0 radical (unpaired) electrons. The zero-order valence-electron chi connectivity index (χ0n) is 17.3. The standard InChI is InChI=1S/C23H29F2N5/c1-26-23(27-14-17-10-12-29(15-17)19-6-3-2-4-7-19)28-18-11-13-30(16-18)22-20(24)8-5-9-21(22)25/h2-9,17-18H,10-16H2,1H3,(H2,26,27,28). The molecule has 5 nitrogen and oxygen atoms in total. The van der Waals surface area contributed by atoms with Crippen LogP contribution in [0.25, 0.3) is 0 Å². The second-order valence-corrected chi connectivity index (χ2v) is 8.04. The van der Waals surface area contributed by atoms with Crippen molar-refractivity contribution in [2.75, 3.05) is 49.6 Å². The van der Waals surface area contributed by atoms with Crippen LogP contribution in [-0.2, 0) is 0 Å². The Morgan fingerprint density at radius 2 is 1.70 bits per heavy atom. The van der Waals surface area contributed by atoms with Gasteiger partial charge in [0.1, 0.15) is 17.3 Å². The highest BCUT2D eigenvalue weighted by Crippen LogP contribution is 2.27. The molecule has 0 saturated carbocycles. The molecule has 30 heavy (non-hydrogen) atoms. The third kappa shape index (κ3) is 4.66. The lowest BCUT2D eigenvalue weighted by Crippen LogP contribution is -2.46. The molecule has 2 fully saturated rings. The first-order chi connectivity index (χ1) is 14.6. The van der Waals surface area contributed by atoms with Gasteiger partial charge in [0, 0.05) is 51.5 Å². The summed E-state index contributed by atoms with van der Waals surface area (Å²) in [6.07, 6.45) is 1.95. The van der Waals surface area contributed by atoms with Crippen LogP contribution in [0.3, 0.4) is 0 Å². The van der Waals surface area contributed by atoms with Crippen molar-refractivity contribution in [1.29, 1.82) is 0 Å². The van der Waals surface area contributed by atoms with Gasteiger partial charge in [-0.2, -0.15) is 0 Å². The molecule has 0 aliphatic carbocycles. The summed E-state index contributed by atoms with van der Waals surface area (Å²) in [7, 11) is 1.75. The molecule has 2 atom stereocenters. The van der Waals surface area contributed by atoms with E-state index in [4.69, 9.17) is 0 Å². The van der Waals surface area contributed by atoms with E-state index in [9.17, 15) is 8.78 Å². The van der Waals surface area contributed by atoms with E-state index in [0.717, 1.165) is 38.4 Å². The summed E-state index contributed by atoms with van der Waals surface area (Å²) in [4.78, 5) is 8.52. The fraction of sp³-hybridized carbons (Fsp3) is 0.435. The number of rotatable bonds is 5. The van der Waals surface area contributed by atoms with E-state index in [1.807, 2.05) is 6.07 Å². The van der Waals surface area contributed by atoms with E-state index >= 15 is 0 Å². The van der Waals surface area contributed by atoms with Gasteiger partial charge in [-0.3, -0.25) is 4.99 Å². The average Bonchev–Trinajstić information content (AvgIpc) is 3.41. The largest absolute Gasteiger partial charge is 0.371 e. The maximum atomic E-state index is 14.1.